The lowest BCUT2D eigenvalue weighted by atomic mass is 10.2. The van der Waals surface area contributed by atoms with E-state index < -0.39 is 0 Å². The number of amides is 1. The first-order valence-corrected chi connectivity index (χ1v) is 10.1. The molecule has 0 saturated heterocycles. The third-order valence-electron chi connectivity index (χ3n) is 3.72. The van der Waals surface area contributed by atoms with Crippen molar-refractivity contribution in [2.24, 2.45) is 0 Å². The van der Waals surface area contributed by atoms with E-state index in [2.05, 4.69) is 20.3 Å². The first-order valence-electron chi connectivity index (χ1n) is 8.21. The Bertz CT molecular complexity index is 986. The lowest BCUT2D eigenvalue weighted by molar-refractivity contribution is -0.113. The van der Waals surface area contributed by atoms with E-state index in [1.54, 1.807) is 6.92 Å². The third-order valence-corrected chi connectivity index (χ3v) is 5.35. The second-order valence-electron chi connectivity index (χ2n) is 5.65. The number of aromatic amines is 1. The monoisotopic (exact) mass is 402 g/mol. The van der Waals surface area contributed by atoms with Gasteiger partial charge in [-0.25, -0.2) is 9.97 Å². The summed E-state index contributed by atoms with van der Waals surface area (Å²) in [7, 11) is 0. The van der Waals surface area contributed by atoms with E-state index in [4.69, 9.17) is 5.11 Å². The van der Waals surface area contributed by atoms with Gasteiger partial charge in [-0.05, 0) is 6.92 Å². The fourth-order valence-electron chi connectivity index (χ4n) is 2.42. The van der Waals surface area contributed by atoms with Crippen molar-refractivity contribution < 1.29 is 9.90 Å². The number of H-pyrrole nitrogens is 1. The lowest BCUT2D eigenvalue weighted by Crippen LogP contribution is -2.19. The molecule has 2 heterocycles. The summed E-state index contributed by atoms with van der Waals surface area (Å²) in [5, 5.41) is 14.5. The van der Waals surface area contributed by atoms with Crippen molar-refractivity contribution in [3.8, 4) is 11.3 Å². The summed E-state index contributed by atoms with van der Waals surface area (Å²) in [6, 6.07) is 9.73. The van der Waals surface area contributed by atoms with Gasteiger partial charge < -0.3 is 15.4 Å². The number of benzene rings is 1. The van der Waals surface area contributed by atoms with Gasteiger partial charge in [0.2, 0.25) is 5.91 Å². The zero-order valence-corrected chi connectivity index (χ0v) is 16.2. The highest BCUT2D eigenvalue weighted by atomic mass is 32.2. The first kappa shape index (κ1) is 19.3. The Morgan fingerprint density at radius 1 is 1.30 bits per heavy atom. The second kappa shape index (κ2) is 8.94. The van der Waals surface area contributed by atoms with Gasteiger partial charge in [-0.2, -0.15) is 0 Å². The van der Waals surface area contributed by atoms with Crippen molar-refractivity contribution >= 4 is 34.1 Å². The number of anilines is 1. The highest BCUT2D eigenvalue weighted by Crippen LogP contribution is 2.24. The highest BCUT2D eigenvalue weighted by Gasteiger charge is 2.11. The summed E-state index contributed by atoms with van der Waals surface area (Å²) in [5.41, 5.74) is 2.53. The Labute approximate surface area is 163 Å². The molecular formula is C18H18N4O3S2. The molecule has 0 spiro atoms. The Kier molecular flexibility index (Phi) is 6.38. The summed E-state index contributed by atoms with van der Waals surface area (Å²) >= 11 is 2.50. The van der Waals surface area contributed by atoms with Crippen LogP contribution in [0.15, 0.2) is 45.7 Å². The fraction of sp³-hybridized carbons (Fsp3) is 0.222. The number of thioether (sulfide) groups is 1. The predicted molar refractivity (Wildman–Crippen MR) is 107 cm³/mol. The van der Waals surface area contributed by atoms with Crippen LogP contribution in [0.1, 0.15) is 11.3 Å². The summed E-state index contributed by atoms with van der Waals surface area (Å²) in [6.07, 6.45) is 0.257. The van der Waals surface area contributed by atoms with Crippen LogP contribution in [0.3, 0.4) is 0 Å². The number of aliphatic hydroxyl groups is 1. The van der Waals surface area contributed by atoms with Crippen molar-refractivity contribution in [2.75, 3.05) is 17.7 Å². The number of hydrogen-bond donors (Lipinski definition) is 3. The van der Waals surface area contributed by atoms with E-state index in [1.165, 1.54) is 11.3 Å². The van der Waals surface area contributed by atoms with Crippen LogP contribution in [0, 0.1) is 6.92 Å². The van der Waals surface area contributed by atoms with Crippen molar-refractivity contribution in [1.82, 2.24) is 15.0 Å². The Morgan fingerprint density at radius 3 is 2.78 bits per heavy atom. The van der Waals surface area contributed by atoms with Gasteiger partial charge in [-0.1, -0.05) is 42.1 Å². The van der Waals surface area contributed by atoms with Gasteiger partial charge in [-0.15, -0.1) is 11.3 Å². The van der Waals surface area contributed by atoms with E-state index in [-0.39, 0.29) is 30.2 Å². The van der Waals surface area contributed by atoms with Crippen LogP contribution in [-0.2, 0) is 11.2 Å². The topological polar surface area (TPSA) is 108 Å². The molecule has 0 atom stereocenters. The molecule has 0 fully saturated rings. The maximum atomic E-state index is 12.2. The summed E-state index contributed by atoms with van der Waals surface area (Å²) in [5.74, 6) is -0.129. The first-order chi connectivity index (χ1) is 13.1. The average molecular weight is 403 g/mol. The van der Waals surface area contributed by atoms with E-state index in [0.29, 0.717) is 21.5 Å². The molecule has 2 aromatic heterocycles. The molecule has 9 heteroatoms. The van der Waals surface area contributed by atoms with Gasteiger partial charge >= 0.3 is 0 Å². The molecule has 0 radical (unpaired) electrons. The second-order valence-corrected chi connectivity index (χ2v) is 7.47. The van der Waals surface area contributed by atoms with Crippen molar-refractivity contribution in [3.05, 3.63) is 57.3 Å². The summed E-state index contributed by atoms with van der Waals surface area (Å²) < 4.78 is 0. The molecule has 1 amide bonds. The SMILES string of the molecule is Cc1nc(SCC(=O)Nc2nc(-c3ccccc3)cs2)[nH]c(=O)c1CCO. The van der Waals surface area contributed by atoms with Crippen molar-refractivity contribution in [3.63, 3.8) is 0 Å². The molecule has 140 valence electrons. The van der Waals surface area contributed by atoms with Gasteiger partial charge in [0.15, 0.2) is 10.3 Å². The molecule has 27 heavy (non-hydrogen) atoms. The molecule has 1 aromatic carbocycles. The largest absolute Gasteiger partial charge is 0.396 e. The molecule has 3 rings (SSSR count). The van der Waals surface area contributed by atoms with Gasteiger partial charge in [0.25, 0.3) is 5.56 Å². The summed E-state index contributed by atoms with van der Waals surface area (Å²) in [6.45, 7) is 1.60. The number of thiazole rings is 1. The Hall–Kier alpha value is -2.49. The van der Waals surface area contributed by atoms with Crippen LogP contribution < -0.4 is 10.9 Å². The third kappa shape index (κ3) is 5.03. The molecular weight excluding hydrogens is 384 g/mol. The maximum Gasteiger partial charge on any atom is 0.255 e. The van der Waals surface area contributed by atoms with Crippen LogP contribution in [-0.4, -0.2) is 38.3 Å². The van der Waals surface area contributed by atoms with E-state index in [1.807, 2.05) is 35.7 Å². The van der Waals surface area contributed by atoms with Crippen LogP contribution in [0.25, 0.3) is 11.3 Å². The standard InChI is InChI=1S/C18H18N4O3S2/c1-11-13(7-8-23)16(25)22-17(19-11)27-10-15(24)21-18-20-14(9-26-18)12-5-3-2-4-6-12/h2-6,9,23H,7-8,10H2,1H3,(H,19,22,25)(H,20,21,24). The quantitative estimate of drug-likeness (QED) is 0.414. The van der Waals surface area contributed by atoms with Gasteiger partial charge in [0.05, 0.1) is 11.4 Å². The number of carbonyl (C=O) groups is 1. The normalized spacial score (nSPS) is 10.7. The minimum atomic E-state index is -0.285. The Balaban J connectivity index is 1.59. The lowest BCUT2D eigenvalue weighted by Gasteiger charge is -2.06. The van der Waals surface area contributed by atoms with E-state index in [9.17, 15) is 9.59 Å². The van der Waals surface area contributed by atoms with Crippen molar-refractivity contribution in [1.29, 1.82) is 0 Å². The van der Waals surface area contributed by atoms with Gasteiger partial charge in [0, 0.05) is 35.2 Å². The van der Waals surface area contributed by atoms with E-state index >= 15 is 0 Å². The minimum absolute atomic E-state index is 0.0992. The zero-order valence-electron chi connectivity index (χ0n) is 14.6. The molecule has 7 nitrogen and oxygen atoms in total. The molecule has 0 saturated carbocycles. The van der Waals surface area contributed by atoms with E-state index in [0.717, 1.165) is 23.0 Å². The molecule has 0 bridgehead atoms. The molecule has 0 unspecified atom stereocenters. The van der Waals surface area contributed by atoms with Crippen LogP contribution >= 0.6 is 23.1 Å². The average Bonchev–Trinajstić information content (AvgIpc) is 3.12. The number of aromatic nitrogens is 3. The maximum absolute atomic E-state index is 12.2. The smallest absolute Gasteiger partial charge is 0.255 e. The van der Waals surface area contributed by atoms with Crippen LogP contribution in [0.5, 0.6) is 0 Å². The van der Waals surface area contributed by atoms with Gasteiger partial charge in [-0.3, -0.25) is 9.59 Å². The summed E-state index contributed by atoms with van der Waals surface area (Å²) in [4.78, 5) is 35.5. The predicted octanol–water partition coefficient (Wildman–Crippen LogP) is 2.47. The highest BCUT2D eigenvalue weighted by molar-refractivity contribution is 7.99. The number of rotatable bonds is 7. The zero-order chi connectivity index (χ0) is 19.2. The van der Waals surface area contributed by atoms with Gasteiger partial charge in [0.1, 0.15) is 0 Å². The van der Waals surface area contributed by atoms with Crippen LogP contribution in [0.2, 0.25) is 0 Å². The number of hydrogen-bond acceptors (Lipinski definition) is 7. The molecule has 0 aliphatic heterocycles. The molecule has 3 aromatic rings. The molecule has 0 aliphatic carbocycles. The van der Waals surface area contributed by atoms with Crippen LogP contribution in [0.4, 0.5) is 5.13 Å². The number of nitrogens with zero attached hydrogens (tertiary/aromatic N) is 2. The number of aryl methyl sites for hydroxylation is 1. The number of nitrogens with one attached hydrogen (secondary N) is 2. The number of aliphatic hydroxyl groups excluding tert-OH is 1. The fourth-order valence-corrected chi connectivity index (χ4v) is 3.86. The van der Waals surface area contributed by atoms with Crippen molar-refractivity contribution in [2.45, 2.75) is 18.5 Å². The molecule has 3 N–H and O–H groups in total. The number of carbonyl (C=O) groups excluding carboxylic acids is 1. The Morgan fingerprint density at radius 2 is 2.07 bits per heavy atom. The molecule has 0 aliphatic rings. The minimum Gasteiger partial charge on any atom is -0.396 e.